The van der Waals surface area contributed by atoms with Crippen molar-refractivity contribution >= 4 is 38.4 Å². The molecule has 2 aromatic rings. The van der Waals surface area contributed by atoms with E-state index in [4.69, 9.17) is 0 Å². The van der Waals surface area contributed by atoms with Crippen LogP contribution < -0.4 is 4.90 Å². The Morgan fingerprint density at radius 3 is 2.43 bits per heavy atom. The molecule has 2 heterocycles. The number of amidine groups is 1. The number of fused-ring (bicyclic) bond motifs is 1. The number of nitrogens with zero attached hydrogens (tertiary/aromatic N) is 2. The minimum absolute atomic E-state index is 0.0926. The van der Waals surface area contributed by atoms with Gasteiger partial charge in [0, 0.05) is 16.5 Å². The van der Waals surface area contributed by atoms with Crippen LogP contribution in [0.4, 0.5) is 5.69 Å². The quantitative estimate of drug-likeness (QED) is 0.752. The van der Waals surface area contributed by atoms with Crippen LogP contribution in [0.2, 0.25) is 0 Å². The second-order valence-corrected chi connectivity index (χ2v) is 10.9. The summed E-state index contributed by atoms with van der Waals surface area (Å²) in [6.45, 7) is 5.96. The van der Waals surface area contributed by atoms with E-state index in [-0.39, 0.29) is 28.7 Å². The Hall–Kier alpha value is -2.12. The first kappa shape index (κ1) is 19.2. The first-order valence-corrected chi connectivity index (χ1v) is 11.9. The second kappa shape index (κ2) is 7.04. The van der Waals surface area contributed by atoms with E-state index in [0.717, 1.165) is 22.4 Å². The largest absolute Gasteiger partial charge is 0.316 e. The molecular weight excluding hydrogens is 392 g/mol. The lowest BCUT2D eigenvalue weighted by molar-refractivity contribution is 0.100. The van der Waals surface area contributed by atoms with Gasteiger partial charge in [-0.1, -0.05) is 35.5 Å². The molecule has 0 unspecified atom stereocenters. The number of benzene rings is 2. The molecule has 4 rings (SSSR count). The predicted octanol–water partition coefficient (Wildman–Crippen LogP) is 3.53. The first-order valence-electron chi connectivity index (χ1n) is 9.16. The Labute approximate surface area is 169 Å². The van der Waals surface area contributed by atoms with Gasteiger partial charge < -0.3 is 4.90 Å². The molecule has 7 heteroatoms. The topological polar surface area (TPSA) is 66.8 Å². The van der Waals surface area contributed by atoms with Gasteiger partial charge in [-0.2, -0.15) is 4.99 Å². The Balaban J connectivity index is 1.76. The molecule has 2 aliphatic heterocycles. The molecule has 0 spiro atoms. The molecule has 2 atom stereocenters. The van der Waals surface area contributed by atoms with E-state index in [2.05, 4.69) is 11.1 Å². The van der Waals surface area contributed by atoms with Crippen LogP contribution >= 0.6 is 11.8 Å². The number of aliphatic imine (C=N–C) groups is 1. The molecule has 0 saturated carbocycles. The number of amides is 1. The number of aryl methyl sites for hydroxylation is 3. The van der Waals surface area contributed by atoms with E-state index < -0.39 is 9.84 Å². The number of carbonyl (C=O) groups excluding carboxylic acids is 1. The number of sulfone groups is 1. The van der Waals surface area contributed by atoms with Crippen molar-refractivity contribution < 1.29 is 13.2 Å². The van der Waals surface area contributed by atoms with Crippen molar-refractivity contribution in [3.05, 3.63) is 64.7 Å². The summed E-state index contributed by atoms with van der Waals surface area (Å²) in [5.41, 5.74) is 4.62. The lowest BCUT2D eigenvalue weighted by atomic mass is 10.1. The van der Waals surface area contributed by atoms with E-state index >= 15 is 0 Å². The third-order valence-corrected chi connectivity index (χ3v) is 8.22. The molecule has 0 bridgehead atoms. The van der Waals surface area contributed by atoms with Gasteiger partial charge in [-0.3, -0.25) is 4.79 Å². The second-order valence-electron chi connectivity index (χ2n) is 7.59. The molecule has 146 valence electrons. The molecule has 2 aliphatic rings. The summed E-state index contributed by atoms with van der Waals surface area (Å²) < 4.78 is 24.4. The fourth-order valence-electron chi connectivity index (χ4n) is 3.89. The third-order valence-electron chi connectivity index (χ3n) is 5.01. The summed E-state index contributed by atoms with van der Waals surface area (Å²) in [7, 11) is -3.08. The number of anilines is 1. The van der Waals surface area contributed by atoms with Crippen molar-refractivity contribution in [2.75, 3.05) is 16.4 Å². The number of hydrogen-bond acceptors (Lipinski definition) is 4. The molecule has 2 fully saturated rings. The summed E-state index contributed by atoms with van der Waals surface area (Å²) >= 11 is 1.40. The average Bonchev–Trinajstić information content (AvgIpc) is 3.04. The van der Waals surface area contributed by atoms with Gasteiger partial charge in [-0.25, -0.2) is 8.42 Å². The van der Waals surface area contributed by atoms with Gasteiger partial charge >= 0.3 is 0 Å². The number of carbonyl (C=O) groups is 1. The van der Waals surface area contributed by atoms with Crippen LogP contribution in [0.1, 0.15) is 27.0 Å². The maximum Gasteiger partial charge on any atom is 0.279 e. The molecule has 0 N–H and O–H groups in total. The minimum atomic E-state index is -3.08. The molecular formula is C21H22N2O3S2. The number of thioether (sulfide) groups is 1. The van der Waals surface area contributed by atoms with Crippen molar-refractivity contribution in [2.45, 2.75) is 32.1 Å². The van der Waals surface area contributed by atoms with E-state index in [1.54, 1.807) is 6.07 Å². The average molecular weight is 415 g/mol. The fraction of sp³-hybridized carbons (Fsp3) is 0.333. The van der Waals surface area contributed by atoms with Crippen molar-refractivity contribution in [1.29, 1.82) is 0 Å². The van der Waals surface area contributed by atoms with Gasteiger partial charge in [0.2, 0.25) is 0 Å². The maximum absolute atomic E-state index is 12.8. The molecule has 2 aromatic carbocycles. The SMILES string of the molecule is Cc1cccc(C(=O)N=C2S[C@@H]3CS(=O)(=O)C[C@@H]3N2c2cc(C)cc(C)c2)c1. The van der Waals surface area contributed by atoms with E-state index in [1.165, 1.54) is 11.8 Å². The molecule has 0 radical (unpaired) electrons. The highest BCUT2D eigenvalue weighted by Gasteiger charge is 2.49. The summed E-state index contributed by atoms with van der Waals surface area (Å²) in [5, 5.41) is 0.483. The normalized spacial score (nSPS) is 24.5. The Bertz CT molecular complexity index is 1070. The van der Waals surface area contributed by atoms with Crippen molar-refractivity contribution in [1.82, 2.24) is 0 Å². The van der Waals surface area contributed by atoms with Crippen LogP contribution in [-0.2, 0) is 9.84 Å². The predicted molar refractivity (Wildman–Crippen MR) is 115 cm³/mol. The van der Waals surface area contributed by atoms with E-state index in [0.29, 0.717) is 10.7 Å². The molecule has 5 nitrogen and oxygen atoms in total. The zero-order chi connectivity index (χ0) is 20.1. The zero-order valence-electron chi connectivity index (χ0n) is 16.0. The van der Waals surface area contributed by atoms with Gasteiger partial charge in [0.1, 0.15) is 0 Å². The molecule has 1 amide bonds. The first-order chi connectivity index (χ1) is 13.2. The lowest BCUT2D eigenvalue weighted by Gasteiger charge is -2.25. The van der Waals surface area contributed by atoms with Gasteiger partial charge in [-0.15, -0.1) is 0 Å². The summed E-state index contributed by atoms with van der Waals surface area (Å²) in [6.07, 6.45) is 0. The highest BCUT2D eigenvalue weighted by atomic mass is 32.2. The lowest BCUT2D eigenvalue weighted by Crippen LogP contribution is -2.37. The van der Waals surface area contributed by atoms with Crippen LogP contribution in [0.3, 0.4) is 0 Å². The van der Waals surface area contributed by atoms with Crippen molar-refractivity contribution in [3.8, 4) is 0 Å². The van der Waals surface area contributed by atoms with Gasteiger partial charge in [0.15, 0.2) is 15.0 Å². The van der Waals surface area contributed by atoms with Crippen molar-refractivity contribution in [2.24, 2.45) is 4.99 Å². The highest BCUT2D eigenvalue weighted by Crippen LogP contribution is 2.41. The van der Waals surface area contributed by atoms with Gasteiger partial charge in [0.25, 0.3) is 5.91 Å². The van der Waals surface area contributed by atoms with Crippen molar-refractivity contribution in [3.63, 3.8) is 0 Å². The van der Waals surface area contributed by atoms with Crippen LogP contribution in [0, 0.1) is 20.8 Å². The van der Waals surface area contributed by atoms with Gasteiger partial charge in [0.05, 0.1) is 17.5 Å². The fourth-order valence-corrected chi connectivity index (χ4v) is 7.80. The third kappa shape index (κ3) is 3.73. The summed E-state index contributed by atoms with van der Waals surface area (Å²) in [5.74, 6) is -0.0836. The summed E-state index contributed by atoms with van der Waals surface area (Å²) in [6, 6.07) is 13.3. The number of rotatable bonds is 2. The molecule has 2 saturated heterocycles. The van der Waals surface area contributed by atoms with E-state index in [9.17, 15) is 13.2 Å². The zero-order valence-corrected chi connectivity index (χ0v) is 17.7. The monoisotopic (exact) mass is 414 g/mol. The molecule has 0 aliphatic carbocycles. The Morgan fingerprint density at radius 2 is 1.75 bits per heavy atom. The highest BCUT2D eigenvalue weighted by molar-refractivity contribution is 8.16. The van der Waals surface area contributed by atoms with Crippen LogP contribution in [0.15, 0.2) is 47.5 Å². The van der Waals surface area contributed by atoms with Crippen LogP contribution in [0.5, 0.6) is 0 Å². The Morgan fingerprint density at radius 1 is 1.04 bits per heavy atom. The maximum atomic E-state index is 12.8. The standard InChI is InChI=1S/C21H22N2O3S2/c1-13-5-4-6-16(8-13)20(24)22-21-23(17-9-14(2)7-15(3)10-17)18-11-28(25,26)12-19(18)27-21/h4-10,18-19H,11-12H2,1-3H3/t18-,19+/m0/s1. The summed E-state index contributed by atoms with van der Waals surface area (Å²) in [4.78, 5) is 19.1. The van der Waals surface area contributed by atoms with E-state index in [1.807, 2.05) is 56.0 Å². The molecule has 28 heavy (non-hydrogen) atoms. The van der Waals surface area contributed by atoms with Crippen LogP contribution in [0.25, 0.3) is 0 Å². The molecule has 0 aromatic heterocycles. The minimum Gasteiger partial charge on any atom is -0.316 e. The number of hydrogen-bond donors (Lipinski definition) is 0. The van der Waals surface area contributed by atoms with Crippen LogP contribution in [-0.4, -0.2) is 42.3 Å². The smallest absolute Gasteiger partial charge is 0.279 e. The van der Waals surface area contributed by atoms with Gasteiger partial charge in [-0.05, 0) is 56.2 Å². The Kier molecular flexibility index (Phi) is 4.83.